The summed E-state index contributed by atoms with van der Waals surface area (Å²) in [6.07, 6.45) is 18.9. The van der Waals surface area contributed by atoms with Crippen molar-refractivity contribution in [3.05, 3.63) is 130 Å². The number of benzene rings is 2. The minimum absolute atomic E-state index is 0. The molecule has 0 aliphatic heterocycles. The van der Waals surface area contributed by atoms with Crippen LogP contribution in [0.4, 0.5) is 0 Å². The summed E-state index contributed by atoms with van der Waals surface area (Å²) in [6.45, 7) is 9.08. The van der Waals surface area contributed by atoms with Gasteiger partial charge in [-0.25, -0.2) is 0 Å². The zero-order chi connectivity index (χ0) is 22.8. The van der Waals surface area contributed by atoms with Crippen molar-refractivity contribution < 1.29 is 48.0 Å². The fraction of sp³-hybridized carbons (Fsp3) is 0.200. The summed E-state index contributed by atoms with van der Waals surface area (Å²) in [5, 5.41) is 0. The van der Waals surface area contributed by atoms with Gasteiger partial charge < -0.3 is 24.8 Å². The summed E-state index contributed by atoms with van der Waals surface area (Å²) in [5.41, 5.74) is 11.3. The normalized spacial score (nSPS) is 21.1. The van der Waals surface area contributed by atoms with Crippen LogP contribution in [0.15, 0.2) is 85.5 Å². The molecule has 0 fully saturated rings. The topological polar surface area (TPSA) is 9.86 Å². The molecule has 0 saturated carbocycles. The van der Waals surface area contributed by atoms with E-state index in [1.54, 1.807) is 0 Å². The third kappa shape index (κ3) is 3.70. The number of aromatic nitrogens is 2. The van der Waals surface area contributed by atoms with Gasteiger partial charge in [0.15, 0.2) is 0 Å². The molecular weight excluding hydrogens is 550 g/mol. The molecule has 0 amide bonds. The minimum Gasteiger partial charge on any atom is -1.00 e. The number of hydrogen-bond donors (Lipinski definition) is 0. The van der Waals surface area contributed by atoms with Gasteiger partial charge in [-0.1, -0.05) is 0 Å². The van der Waals surface area contributed by atoms with Crippen molar-refractivity contribution in [1.29, 1.82) is 0 Å². The largest absolute Gasteiger partial charge is 1.00 e. The van der Waals surface area contributed by atoms with E-state index in [-0.39, 0.29) is 31.3 Å². The van der Waals surface area contributed by atoms with Gasteiger partial charge in [-0.15, -0.1) is 0 Å². The first-order valence-electron chi connectivity index (χ1n) is 11.6. The molecule has 2 nitrogen and oxygen atoms in total. The Morgan fingerprint density at radius 2 is 0.886 bits per heavy atom. The summed E-state index contributed by atoms with van der Waals surface area (Å²) in [4.78, 5) is 0. The van der Waals surface area contributed by atoms with Crippen LogP contribution in [0.3, 0.4) is 0 Å². The molecule has 0 radical (unpaired) electrons. The SMILES string of the molecule is Cc1ccc(C)c2c1C=C[C]2([Zr+2][C]1(n2cccc2)C=Cc2c(C)ccc(C)c21)n1cccc1.[Cl-].[Cl-]. The smallest absolute Gasteiger partial charge is 1.00 e. The van der Waals surface area contributed by atoms with Crippen molar-refractivity contribution in [3.63, 3.8) is 0 Å². The van der Waals surface area contributed by atoms with Crippen LogP contribution in [0.25, 0.3) is 12.2 Å². The predicted octanol–water partition coefficient (Wildman–Crippen LogP) is 0.770. The first-order valence-corrected chi connectivity index (χ1v) is 14.1. The van der Waals surface area contributed by atoms with E-state index < -0.39 is 23.2 Å². The van der Waals surface area contributed by atoms with Crippen molar-refractivity contribution in [2.75, 3.05) is 0 Å². The monoisotopic (exact) mass is 576 g/mol. The summed E-state index contributed by atoms with van der Waals surface area (Å²) < 4.78 is 4.78. The Morgan fingerprint density at radius 3 is 1.26 bits per heavy atom. The molecule has 0 spiro atoms. The Balaban J connectivity index is 0.00000144. The van der Waals surface area contributed by atoms with E-state index in [1.807, 2.05) is 0 Å². The van der Waals surface area contributed by atoms with Gasteiger partial charge in [0.2, 0.25) is 0 Å². The summed E-state index contributed by atoms with van der Waals surface area (Å²) in [7, 11) is 0. The molecule has 2 unspecified atom stereocenters. The average Bonchev–Trinajstić information content (AvgIpc) is 3.59. The maximum absolute atomic E-state index is 2.52. The van der Waals surface area contributed by atoms with Gasteiger partial charge >= 0.3 is 209 Å². The van der Waals surface area contributed by atoms with Gasteiger partial charge in [0.25, 0.3) is 0 Å². The zero-order valence-corrected chi connectivity index (χ0v) is 24.4. The average molecular weight is 579 g/mol. The van der Waals surface area contributed by atoms with E-state index >= 15 is 0 Å². The number of halogens is 2. The van der Waals surface area contributed by atoms with E-state index in [4.69, 9.17) is 0 Å². The number of aryl methyl sites for hydroxylation is 4. The quantitative estimate of drug-likeness (QED) is 0.339. The number of fused-ring (bicyclic) bond motifs is 2. The third-order valence-electron chi connectivity index (χ3n) is 7.49. The van der Waals surface area contributed by atoms with Gasteiger partial charge in [-0.05, 0) is 0 Å². The van der Waals surface area contributed by atoms with E-state index in [2.05, 4.69) is 134 Å². The molecule has 2 aromatic heterocycles. The van der Waals surface area contributed by atoms with Crippen LogP contribution >= 0.6 is 0 Å². The predicted molar refractivity (Wildman–Crippen MR) is 133 cm³/mol. The van der Waals surface area contributed by atoms with Gasteiger partial charge in [-0.3, -0.25) is 0 Å². The second-order valence-corrected chi connectivity index (χ2v) is 13.8. The van der Waals surface area contributed by atoms with Crippen LogP contribution in [0.2, 0.25) is 0 Å². The molecule has 6 rings (SSSR count). The Hall–Kier alpha value is -2.06. The molecule has 176 valence electrons. The van der Waals surface area contributed by atoms with Gasteiger partial charge in [0.1, 0.15) is 0 Å². The van der Waals surface area contributed by atoms with Crippen LogP contribution in [0.5, 0.6) is 0 Å². The number of allylic oxidation sites excluding steroid dienone is 2. The second kappa shape index (κ2) is 9.43. The molecule has 0 bridgehead atoms. The first kappa shape index (κ1) is 26.0. The van der Waals surface area contributed by atoms with E-state index in [9.17, 15) is 0 Å². The number of rotatable bonds is 4. The fourth-order valence-electron chi connectivity index (χ4n) is 5.88. The van der Waals surface area contributed by atoms with Crippen molar-refractivity contribution in [2.24, 2.45) is 0 Å². The molecule has 2 atom stereocenters. The van der Waals surface area contributed by atoms with Gasteiger partial charge in [0, 0.05) is 0 Å². The molecular formula is C30H28Cl2N2Zr. The van der Waals surface area contributed by atoms with Crippen molar-refractivity contribution in [2.45, 2.75) is 34.2 Å². The number of hydrogen-bond acceptors (Lipinski definition) is 0. The summed E-state index contributed by atoms with van der Waals surface area (Å²) >= 11 is -1.34. The molecule has 2 aromatic carbocycles. The second-order valence-electron chi connectivity index (χ2n) is 9.48. The Morgan fingerprint density at radius 1 is 0.543 bits per heavy atom. The van der Waals surface area contributed by atoms with Crippen LogP contribution in [-0.4, -0.2) is 9.13 Å². The molecule has 0 saturated heterocycles. The molecule has 5 heteroatoms. The fourth-order valence-corrected chi connectivity index (χ4v) is 11.7. The summed E-state index contributed by atoms with van der Waals surface area (Å²) in [6, 6.07) is 17.9. The molecule has 2 aliphatic carbocycles. The molecule has 35 heavy (non-hydrogen) atoms. The molecule has 0 N–H and O–H groups in total. The van der Waals surface area contributed by atoms with Crippen molar-refractivity contribution in [1.82, 2.24) is 9.13 Å². The van der Waals surface area contributed by atoms with Gasteiger partial charge in [-0.2, -0.15) is 0 Å². The van der Waals surface area contributed by atoms with Crippen LogP contribution in [-0.2, 0) is 29.7 Å². The van der Waals surface area contributed by atoms with Crippen molar-refractivity contribution >= 4 is 12.2 Å². The van der Waals surface area contributed by atoms with E-state index in [1.165, 1.54) is 44.5 Å². The Kier molecular flexibility index (Phi) is 7.01. The maximum atomic E-state index is 2.52. The molecule has 4 aromatic rings. The molecule has 2 aliphatic rings. The Bertz CT molecular complexity index is 1320. The first-order chi connectivity index (χ1) is 16.0. The molecule has 2 heterocycles. The van der Waals surface area contributed by atoms with Crippen LogP contribution < -0.4 is 24.8 Å². The van der Waals surface area contributed by atoms with E-state index in [0.29, 0.717) is 0 Å². The Labute approximate surface area is 232 Å². The maximum Gasteiger partial charge on any atom is -1.00 e. The third-order valence-corrected chi connectivity index (χ3v) is 12.7. The van der Waals surface area contributed by atoms with Crippen molar-refractivity contribution in [3.8, 4) is 0 Å². The van der Waals surface area contributed by atoms with Gasteiger partial charge in [0.05, 0.1) is 0 Å². The van der Waals surface area contributed by atoms with Crippen LogP contribution in [0, 0.1) is 27.7 Å². The van der Waals surface area contributed by atoms with E-state index in [0.717, 1.165) is 0 Å². The standard InChI is InChI=1S/2C15H14N.2ClH.Zr/c2*1-11-5-6-12(2)15-13(11)7-8-14(15)16-9-3-4-10-16;;;/h2*3-10H,1-2H3;2*1H;/q;;;;+2/p-2. The minimum atomic E-state index is -1.34. The summed E-state index contributed by atoms with van der Waals surface area (Å²) in [5.74, 6) is 0. The number of nitrogens with zero attached hydrogens (tertiary/aromatic N) is 2. The van der Waals surface area contributed by atoms with Crippen LogP contribution in [0.1, 0.15) is 44.5 Å². The zero-order valence-electron chi connectivity index (χ0n) is 20.4.